The summed E-state index contributed by atoms with van der Waals surface area (Å²) in [6.45, 7) is -0.514. The quantitative estimate of drug-likeness (QED) is 0.898. The number of halogens is 2. The number of nitrogens with zero attached hydrogens (tertiary/aromatic N) is 1. The Labute approximate surface area is 148 Å². The lowest BCUT2D eigenvalue weighted by Gasteiger charge is -2.23. The van der Waals surface area contributed by atoms with Crippen LogP contribution in [-0.2, 0) is 4.79 Å². The molecule has 0 radical (unpaired) electrons. The Morgan fingerprint density at radius 3 is 2.58 bits per heavy atom. The van der Waals surface area contributed by atoms with Gasteiger partial charge in [0.05, 0.1) is 11.1 Å². The molecule has 2 aromatic carbocycles. The molecule has 0 saturated carbocycles. The van der Waals surface area contributed by atoms with Crippen LogP contribution in [0.5, 0.6) is 5.75 Å². The summed E-state index contributed by atoms with van der Waals surface area (Å²) in [4.78, 5) is 24.6. The Balaban J connectivity index is 2.03. The average Bonchev–Trinajstić information content (AvgIpc) is 2.81. The number of benzene rings is 2. The van der Waals surface area contributed by atoms with E-state index in [9.17, 15) is 9.59 Å². The van der Waals surface area contributed by atoms with Gasteiger partial charge in [0, 0.05) is 12.6 Å². The molecule has 0 bridgehead atoms. The number of carboxylic acids is 1. The summed E-state index contributed by atoms with van der Waals surface area (Å²) in [5, 5.41) is 9.05. The zero-order valence-corrected chi connectivity index (χ0v) is 14.1. The normalized spacial score (nSPS) is 16.2. The van der Waals surface area contributed by atoms with E-state index in [1.54, 1.807) is 30.1 Å². The van der Waals surface area contributed by atoms with Crippen molar-refractivity contribution in [3.8, 4) is 5.75 Å². The molecule has 1 amide bonds. The Kier molecular flexibility index (Phi) is 4.39. The van der Waals surface area contributed by atoms with Crippen molar-refractivity contribution in [2.75, 3.05) is 13.7 Å². The van der Waals surface area contributed by atoms with Gasteiger partial charge in [-0.3, -0.25) is 4.79 Å². The summed E-state index contributed by atoms with van der Waals surface area (Å²) < 4.78 is 5.12. The lowest BCUT2D eigenvalue weighted by molar-refractivity contribution is -0.139. The van der Waals surface area contributed by atoms with Gasteiger partial charge in [0.25, 0.3) is 5.91 Å². The number of carbonyl (C=O) groups is 2. The standard InChI is InChI=1S/C17H13Cl2NO4/c1-20-16(9-4-2-3-5-10(9)17(20)23)11-6-7-12(15(19)14(11)18)24-8-13(21)22/h2-7,16H,8H2,1H3,(H,21,22). The first kappa shape index (κ1) is 16.6. The van der Waals surface area contributed by atoms with Crippen LogP contribution in [0.25, 0.3) is 0 Å². The molecular formula is C17H13Cl2NO4. The first-order valence-corrected chi connectivity index (χ1v) is 7.86. The van der Waals surface area contributed by atoms with E-state index in [2.05, 4.69) is 0 Å². The van der Waals surface area contributed by atoms with Crippen LogP contribution in [0.15, 0.2) is 36.4 Å². The first-order valence-electron chi connectivity index (χ1n) is 7.10. The number of hydrogen-bond donors (Lipinski definition) is 1. The minimum Gasteiger partial charge on any atom is -0.480 e. The van der Waals surface area contributed by atoms with Crippen LogP contribution in [0.3, 0.4) is 0 Å². The Hall–Kier alpha value is -2.24. The molecule has 1 atom stereocenters. The molecule has 124 valence electrons. The highest BCUT2D eigenvalue weighted by Crippen LogP contribution is 2.44. The molecule has 2 aromatic rings. The third-order valence-corrected chi connectivity index (χ3v) is 4.80. The van der Waals surface area contributed by atoms with Crippen molar-refractivity contribution >= 4 is 35.1 Å². The van der Waals surface area contributed by atoms with Gasteiger partial charge in [0.15, 0.2) is 6.61 Å². The molecule has 0 aliphatic carbocycles. The molecule has 1 aliphatic rings. The summed E-state index contributed by atoms with van der Waals surface area (Å²) in [6.07, 6.45) is 0. The van der Waals surface area contributed by atoms with Gasteiger partial charge in [-0.1, -0.05) is 47.5 Å². The molecule has 1 aliphatic heterocycles. The lowest BCUT2D eigenvalue weighted by Crippen LogP contribution is -2.24. The third kappa shape index (κ3) is 2.70. The van der Waals surface area contributed by atoms with E-state index in [1.165, 1.54) is 0 Å². The molecule has 0 saturated heterocycles. The zero-order valence-electron chi connectivity index (χ0n) is 12.6. The van der Waals surface area contributed by atoms with Crippen LogP contribution < -0.4 is 4.74 Å². The second-order valence-corrected chi connectivity index (χ2v) is 6.13. The van der Waals surface area contributed by atoms with Crippen molar-refractivity contribution in [1.82, 2.24) is 4.90 Å². The van der Waals surface area contributed by atoms with Gasteiger partial charge < -0.3 is 14.7 Å². The highest BCUT2D eigenvalue weighted by atomic mass is 35.5. The molecule has 0 aromatic heterocycles. The predicted molar refractivity (Wildman–Crippen MR) is 90.0 cm³/mol. The van der Waals surface area contributed by atoms with Crippen molar-refractivity contribution in [2.24, 2.45) is 0 Å². The Morgan fingerprint density at radius 1 is 1.17 bits per heavy atom. The maximum Gasteiger partial charge on any atom is 0.341 e. The maximum atomic E-state index is 12.4. The highest BCUT2D eigenvalue weighted by molar-refractivity contribution is 6.43. The molecule has 0 fully saturated rings. The Bertz CT molecular complexity index is 837. The molecule has 1 unspecified atom stereocenters. The second-order valence-electron chi connectivity index (χ2n) is 5.37. The summed E-state index contributed by atoms with van der Waals surface area (Å²) >= 11 is 12.6. The van der Waals surface area contributed by atoms with Crippen molar-refractivity contribution in [3.05, 3.63) is 63.1 Å². The number of aliphatic carboxylic acids is 1. The van der Waals surface area contributed by atoms with Gasteiger partial charge >= 0.3 is 5.97 Å². The van der Waals surface area contributed by atoms with E-state index in [1.807, 2.05) is 18.2 Å². The van der Waals surface area contributed by atoms with Gasteiger partial charge in [-0.2, -0.15) is 0 Å². The molecule has 24 heavy (non-hydrogen) atoms. The molecule has 0 spiro atoms. The van der Waals surface area contributed by atoms with Gasteiger partial charge in [-0.25, -0.2) is 4.79 Å². The van der Waals surface area contributed by atoms with Crippen molar-refractivity contribution in [2.45, 2.75) is 6.04 Å². The second kappa shape index (κ2) is 6.34. The fourth-order valence-electron chi connectivity index (χ4n) is 2.83. The fraction of sp³-hybridized carbons (Fsp3) is 0.176. The van der Waals surface area contributed by atoms with Crippen molar-refractivity contribution in [3.63, 3.8) is 0 Å². The van der Waals surface area contributed by atoms with Gasteiger partial charge in [-0.15, -0.1) is 0 Å². The number of hydrogen-bond acceptors (Lipinski definition) is 3. The van der Waals surface area contributed by atoms with Crippen LogP contribution in [0, 0.1) is 0 Å². The van der Waals surface area contributed by atoms with E-state index in [4.69, 9.17) is 33.0 Å². The number of ether oxygens (including phenoxy) is 1. The van der Waals surface area contributed by atoms with Gasteiger partial charge in [-0.05, 0) is 23.3 Å². The van der Waals surface area contributed by atoms with E-state index < -0.39 is 12.6 Å². The minimum absolute atomic E-state index is 0.0889. The zero-order chi connectivity index (χ0) is 17.4. The molecule has 5 nitrogen and oxygen atoms in total. The molecule has 1 N–H and O–H groups in total. The summed E-state index contributed by atoms with van der Waals surface area (Å²) in [5.74, 6) is -1.01. The number of amides is 1. The van der Waals surface area contributed by atoms with Crippen molar-refractivity contribution in [1.29, 1.82) is 0 Å². The van der Waals surface area contributed by atoms with Crippen LogP contribution in [0.4, 0.5) is 0 Å². The fourth-order valence-corrected chi connectivity index (χ4v) is 3.32. The van der Waals surface area contributed by atoms with Crippen LogP contribution in [-0.4, -0.2) is 35.5 Å². The van der Waals surface area contributed by atoms with Gasteiger partial charge in [0.2, 0.25) is 0 Å². The molecule has 3 rings (SSSR count). The lowest BCUT2D eigenvalue weighted by atomic mass is 9.98. The van der Waals surface area contributed by atoms with Crippen LogP contribution >= 0.6 is 23.2 Å². The maximum absolute atomic E-state index is 12.4. The topological polar surface area (TPSA) is 66.8 Å². The minimum atomic E-state index is -1.11. The number of fused-ring (bicyclic) bond motifs is 1. The summed E-state index contributed by atoms with van der Waals surface area (Å²) in [5.41, 5.74) is 2.13. The summed E-state index contributed by atoms with van der Waals surface area (Å²) in [6, 6.07) is 10.2. The highest BCUT2D eigenvalue weighted by Gasteiger charge is 2.36. The van der Waals surface area contributed by atoms with Crippen LogP contribution in [0.2, 0.25) is 10.0 Å². The SMILES string of the molecule is CN1C(=O)c2ccccc2C1c1ccc(OCC(=O)O)c(Cl)c1Cl. The molecular weight excluding hydrogens is 353 g/mol. The largest absolute Gasteiger partial charge is 0.480 e. The number of rotatable bonds is 4. The van der Waals surface area contributed by atoms with E-state index in [-0.39, 0.29) is 27.7 Å². The third-order valence-electron chi connectivity index (χ3n) is 3.92. The van der Waals surface area contributed by atoms with E-state index >= 15 is 0 Å². The van der Waals surface area contributed by atoms with Crippen molar-refractivity contribution < 1.29 is 19.4 Å². The first-order chi connectivity index (χ1) is 11.4. The van der Waals surface area contributed by atoms with E-state index in [0.29, 0.717) is 11.1 Å². The monoisotopic (exact) mass is 365 g/mol. The average molecular weight is 366 g/mol. The van der Waals surface area contributed by atoms with Crippen LogP contribution in [0.1, 0.15) is 27.5 Å². The molecule has 7 heteroatoms. The van der Waals surface area contributed by atoms with Gasteiger partial charge in [0.1, 0.15) is 10.8 Å². The smallest absolute Gasteiger partial charge is 0.341 e. The predicted octanol–water partition coefficient (Wildman–Crippen LogP) is 3.63. The Morgan fingerprint density at radius 2 is 1.88 bits per heavy atom. The van der Waals surface area contributed by atoms with E-state index in [0.717, 1.165) is 5.56 Å². The summed E-state index contributed by atoms with van der Waals surface area (Å²) in [7, 11) is 1.70. The number of carboxylic acid groups (broad SMARTS) is 1. The molecule has 1 heterocycles. The number of carbonyl (C=O) groups excluding carboxylic acids is 1.